The van der Waals surface area contributed by atoms with Crippen LogP contribution in [0.1, 0.15) is 41.3 Å². The van der Waals surface area contributed by atoms with Crippen molar-refractivity contribution in [3.8, 4) is 0 Å². The lowest BCUT2D eigenvalue weighted by Gasteiger charge is -2.14. The minimum Gasteiger partial charge on any atom is -0.367 e. The molecule has 1 N–H and O–H groups in total. The first-order valence-corrected chi connectivity index (χ1v) is 8.16. The van der Waals surface area contributed by atoms with Gasteiger partial charge in [-0.15, -0.1) is 11.3 Å². The monoisotopic (exact) mass is 307 g/mol. The Kier molecular flexibility index (Phi) is 3.94. The molecule has 3 nitrogen and oxygen atoms in total. The van der Waals surface area contributed by atoms with E-state index in [4.69, 9.17) is 11.6 Å². The molecule has 2 aromatic rings. The fraction of sp³-hybridized carbons (Fsp3) is 0.467. The van der Waals surface area contributed by atoms with Gasteiger partial charge in [-0.3, -0.25) is 0 Å². The van der Waals surface area contributed by atoms with Gasteiger partial charge in [-0.1, -0.05) is 11.6 Å². The smallest absolute Gasteiger partial charge is 0.135 e. The third kappa shape index (κ3) is 3.49. The van der Waals surface area contributed by atoms with Crippen LogP contribution in [0, 0.1) is 6.92 Å². The van der Waals surface area contributed by atoms with Crippen LogP contribution in [-0.4, -0.2) is 16.0 Å². The number of halogens is 1. The van der Waals surface area contributed by atoms with Crippen molar-refractivity contribution in [1.82, 2.24) is 9.97 Å². The second-order valence-electron chi connectivity index (χ2n) is 5.47. The molecule has 0 bridgehead atoms. The fourth-order valence-corrected chi connectivity index (χ4v) is 3.44. The number of aromatic nitrogens is 2. The summed E-state index contributed by atoms with van der Waals surface area (Å²) in [6.45, 7) is 4.31. The van der Waals surface area contributed by atoms with Crippen LogP contribution in [0.3, 0.4) is 0 Å². The first kappa shape index (κ1) is 13.8. The van der Waals surface area contributed by atoms with Crippen molar-refractivity contribution in [3.05, 3.63) is 38.9 Å². The van der Waals surface area contributed by atoms with Gasteiger partial charge < -0.3 is 5.32 Å². The highest BCUT2D eigenvalue weighted by molar-refractivity contribution is 7.11. The highest BCUT2D eigenvalue weighted by Gasteiger charge is 2.27. The first-order valence-electron chi connectivity index (χ1n) is 6.96. The molecule has 5 heteroatoms. The average molecular weight is 308 g/mol. The molecule has 0 aliphatic heterocycles. The Labute approximate surface area is 128 Å². The summed E-state index contributed by atoms with van der Waals surface area (Å²) in [5.41, 5.74) is 0. The van der Waals surface area contributed by atoms with Gasteiger partial charge >= 0.3 is 0 Å². The standard InChI is InChI=1S/C15H18ClN3S/c1-9(7-12-6-3-10(2)20-12)17-14-8-13(16)18-15(19-14)11-4-5-11/h3,6,8-9,11H,4-5,7H2,1-2H3,(H,17,18,19). The SMILES string of the molecule is Cc1ccc(CC(C)Nc2cc(Cl)nc(C3CC3)n2)s1. The Morgan fingerprint density at radius 3 is 2.85 bits per heavy atom. The Bertz CT molecular complexity index is 607. The fourth-order valence-electron chi connectivity index (χ4n) is 2.23. The third-order valence-electron chi connectivity index (χ3n) is 3.35. The van der Waals surface area contributed by atoms with Crippen LogP contribution in [0.15, 0.2) is 18.2 Å². The van der Waals surface area contributed by atoms with Gasteiger partial charge in [0.2, 0.25) is 0 Å². The van der Waals surface area contributed by atoms with Crippen molar-refractivity contribution in [2.75, 3.05) is 5.32 Å². The Hall–Kier alpha value is -1.13. The average Bonchev–Trinajstić information content (AvgIpc) is 3.13. The van der Waals surface area contributed by atoms with Crippen LogP contribution in [0.4, 0.5) is 5.82 Å². The predicted octanol–water partition coefficient (Wildman–Crippen LogP) is 4.42. The zero-order valence-electron chi connectivity index (χ0n) is 11.7. The normalized spacial score (nSPS) is 16.1. The number of thiophene rings is 1. The maximum atomic E-state index is 6.08. The van der Waals surface area contributed by atoms with Crippen molar-refractivity contribution < 1.29 is 0 Å². The van der Waals surface area contributed by atoms with E-state index >= 15 is 0 Å². The molecule has 2 aromatic heterocycles. The number of rotatable bonds is 5. The van der Waals surface area contributed by atoms with E-state index in [2.05, 4.69) is 41.3 Å². The predicted molar refractivity (Wildman–Crippen MR) is 84.9 cm³/mol. The first-order chi connectivity index (χ1) is 9.60. The highest BCUT2D eigenvalue weighted by atomic mass is 35.5. The van der Waals surface area contributed by atoms with E-state index in [0.29, 0.717) is 17.1 Å². The van der Waals surface area contributed by atoms with E-state index in [1.165, 1.54) is 22.6 Å². The van der Waals surface area contributed by atoms with Crippen LogP contribution in [0.5, 0.6) is 0 Å². The molecule has 106 valence electrons. The molecule has 1 aliphatic rings. The molecule has 20 heavy (non-hydrogen) atoms. The maximum Gasteiger partial charge on any atom is 0.135 e. The van der Waals surface area contributed by atoms with Gasteiger partial charge in [-0.25, -0.2) is 9.97 Å². The second-order valence-corrected chi connectivity index (χ2v) is 7.23. The Morgan fingerprint density at radius 1 is 1.40 bits per heavy atom. The van der Waals surface area contributed by atoms with E-state index in [-0.39, 0.29) is 0 Å². The summed E-state index contributed by atoms with van der Waals surface area (Å²) in [7, 11) is 0. The highest BCUT2D eigenvalue weighted by Crippen LogP contribution is 2.38. The van der Waals surface area contributed by atoms with Gasteiger partial charge in [0.15, 0.2) is 0 Å². The number of anilines is 1. The minimum absolute atomic E-state index is 0.325. The summed E-state index contributed by atoms with van der Waals surface area (Å²) >= 11 is 7.93. The number of nitrogens with zero attached hydrogens (tertiary/aromatic N) is 2. The van der Waals surface area contributed by atoms with Gasteiger partial charge in [0, 0.05) is 34.2 Å². The van der Waals surface area contributed by atoms with Gasteiger partial charge in [0.25, 0.3) is 0 Å². The van der Waals surface area contributed by atoms with Crippen molar-refractivity contribution in [1.29, 1.82) is 0 Å². The molecule has 0 spiro atoms. The molecule has 3 rings (SSSR count). The van der Waals surface area contributed by atoms with Crippen LogP contribution in [0.2, 0.25) is 5.15 Å². The lowest BCUT2D eigenvalue weighted by atomic mass is 10.2. The number of hydrogen-bond donors (Lipinski definition) is 1. The number of nitrogens with one attached hydrogen (secondary N) is 1. The van der Waals surface area contributed by atoms with Crippen LogP contribution < -0.4 is 5.32 Å². The molecule has 2 heterocycles. The lowest BCUT2D eigenvalue weighted by Crippen LogP contribution is -2.18. The molecule has 1 unspecified atom stereocenters. The lowest BCUT2D eigenvalue weighted by molar-refractivity contribution is 0.788. The van der Waals surface area contributed by atoms with Gasteiger partial charge in [0.1, 0.15) is 16.8 Å². The largest absolute Gasteiger partial charge is 0.367 e. The van der Waals surface area contributed by atoms with Crippen molar-refractivity contribution in [2.24, 2.45) is 0 Å². The molecule has 1 atom stereocenters. The van der Waals surface area contributed by atoms with Crippen molar-refractivity contribution >= 4 is 28.8 Å². The molecule has 1 aliphatic carbocycles. The molecule has 0 aromatic carbocycles. The van der Waals surface area contributed by atoms with Gasteiger partial charge in [0.05, 0.1) is 0 Å². The Morgan fingerprint density at radius 2 is 2.20 bits per heavy atom. The summed E-state index contributed by atoms with van der Waals surface area (Å²) < 4.78 is 0. The van der Waals surface area contributed by atoms with Gasteiger partial charge in [-0.05, 0) is 38.8 Å². The molecule has 0 saturated heterocycles. The van der Waals surface area contributed by atoms with Crippen LogP contribution in [-0.2, 0) is 6.42 Å². The molecule has 0 radical (unpaired) electrons. The Balaban J connectivity index is 1.67. The topological polar surface area (TPSA) is 37.8 Å². The van der Waals surface area contributed by atoms with E-state index in [0.717, 1.165) is 18.1 Å². The molecular formula is C15H18ClN3S. The molecular weight excluding hydrogens is 290 g/mol. The van der Waals surface area contributed by atoms with Crippen LogP contribution in [0.25, 0.3) is 0 Å². The van der Waals surface area contributed by atoms with Crippen molar-refractivity contribution in [2.45, 2.75) is 45.1 Å². The van der Waals surface area contributed by atoms with E-state index in [1.807, 2.05) is 17.4 Å². The molecule has 0 amide bonds. The third-order valence-corrected chi connectivity index (χ3v) is 4.57. The van der Waals surface area contributed by atoms with Crippen LogP contribution >= 0.6 is 22.9 Å². The van der Waals surface area contributed by atoms with E-state index in [1.54, 1.807) is 0 Å². The minimum atomic E-state index is 0.325. The molecule has 1 saturated carbocycles. The summed E-state index contributed by atoms with van der Waals surface area (Å²) in [5, 5.41) is 3.97. The zero-order valence-corrected chi connectivity index (χ0v) is 13.3. The second kappa shape index (κ2) is 5.70. The maximum absolute atomic E-state index is 6.08. The van der Waals surface area contributed by atoms with E-state index in [9.17, 15) is 0 Å². The number of hydrogen-bond acceptors (Lipinski definition) is 4. The summed E-state index contributed by atoms with van der Waals surface area (Å²) in [6, 6.07) is 6.50. The molecule has 1 fully saturated rings. The summed E-state index contributed by atoms with van der Waals surface area (Å²) in [6.07, 6.45) is 3.37. The summed E-state index contributed by atoms with van der Waals surface area (Å²) in [4.78, 5) is 11.6. The quantitative estimate of drug-likeness (QED) is 0.831. The zero-order chi connectivity index (χ0) is 14.1. The van der Waals surface area contributed by atoms with Gasteiger partial charge in [-0.2, -0.15) is 0 Å². The van der Waals surface area contributed by atoms with Crippen molar-refractivity contribution in [3.63, 3.8) is 0 Å². The summed E-state index contributed by atoms with van der Waals surface area (Å²) in [5.74, 6) is 2.25. The van der Waals surface area contributed by atoms with E-state index < -0.39 is 0 Å². The number of aryl methyl sites for hydroxylation is 1.